The van der Waals surface area contributed by atoms with Crippen molar-refractivity contribution in [3.63, 3.8) is 0 Å². The smallest absolute Gasteiger partial charge is 0.416 e. The Morgan fingerprint density at radius 3 is 2.24 bits per heavy atom. The van der Waals surface area contributed by atoms with Crippen LogP contribution in [0.2, 0.25) is 0 Å². The highest BCUT2D eigenvalue weighted by Crippen LogP contribution is 2.54. The first kappa shape index (κ1) is 52.5. The van der Waals surface area contributed by atoms with E-state index in [2.05, 4.69) is 24.5 Å². The minimum absolute atomic E-state index is 0.0500. The number of benzene rings is 1. The van der Waals surface area contributed by atoms with Gasteiger partial charge in [-0.05, 0) is 108 Å². The van der Waals surface area contributed by atoms with E-state index in [1.54, 1.807) is 12.2 Å². The Morgan fingerprint density at radius 2 is 1.62 bits per heavy atom. The van der Waals surface area contributed by atoms with Gasteiger partial charge in [-0.2, -0.15) is 13.2 Å². The molecule has 4 saturated heterocycles. The summed E-state index contributed by atoms with van der Waals surface area (Å²) in [5.41, 5.74) is -2.88. The summed E-state index contributed by atoms with van der Waals surface area (Å²) in [5.74, 6) is -6.18. The van der Waals surface area contributed by atoms with Crippen molar-refractivity contribution in [2.45, 2.75) is 211 Å². The summed E-state index contributed by atoms with van der Waals surface area (Å²) in [6.07, 6.45) is -0.189. The van der Waals surface area contributed by atoms with Gasteiger partial charge in [0, 0.05) is 35.8 Å². The van der Waals surface area contributed by atoms with Crippen molar-refractivity contribution in [1.82, 2.24) is 5.32 Å². The Balaban J connectivity index is 1.26. The number of carbonyl (C=O) groups is 2. The first-order valence-corrected chi connectivity index (χ1v) is 24.5. The number of amides is 2. The van der Waals surface area contributed by atoms with Crippen LogP contribution >= 0.6 is 0 Å². The van der Waals surface area contributed by atoms with Gasteiger partial charge in [0.05, 0.1) is 65.4 Å². The maximum absolute atomic E-state index is 13.7. The highest BCUT2D eigenvalue weighted by atomic mass is 19.4. The quantitative estimate of drug-likeness (QED) is 0.0980. The first-order chi connectivity index (χ1) is 30.9. The molecular weight excluding hydrogens is 862 g/mol. The zero-order chi connectivity index (χ0) is 48.7. The molecule has 13 nitrogen and oxygen atoms in total. The number of alkyl halides is 3. The van der Waals surface area contributed by atoms with Crippen LogP contribution in [0.1, 0.15) is 139 Å². The lowest BCUT2D eigenvalue weighted by Gasteiger charge is -2.55. The highest BCUT2D eigenvalue weighted by molar-refractivity contribution is 5.89. The van der Waals surface area contributed by atoms with E-state index in [-0.39, 0.29) is 29.9 Å². The largest absolute Gasteiger partial charge is 0.481 e. The molecule has 66 heavy (non-hydrogen) atoms. The van der Waals surface area contributed by atoms with Gasteiger partial charge in [0.2, 0.25) is 0 Å². The van der Waals surface area contributed by atoms with Gasteiger partial charge in [-0.3, -0.25) is 4.79 Å². The van der Waals surface area contributed by atoms with E-state index in [0.29, 0.717) is 51.4 Å². The lowest BCUT2D eigenvalue weighted by molar-refractivity contribution is -0.400. The molecule has 19 atom stereocenters. The fraction of sp³-hybridized carbons (Fsp3) is 0.800. The second-order valence-electron chi connectivity index (χ2n) is 20.8. The summed E-state index contributed by atoms with van der Waals surface area (Å²) < 4.78 is 75.1. The Bertz CT molecular complexity index is 1870. The van der Waals surface area contributed by atoms with Crippen molar-refractivity contribution in [2.24, 2.45) is 41.4 Å². The third kappa shape index (κ3) is 10.5. The average molecular weight is 939 g/mol. The zero-order valence-electron chi connectivity index (χ0n) is 40.5. The molecule has 1 aromatic rings. The maximum atomic E-state index is 13.7. The monoisotopic (exact) mass is 939 g/mol. The van der Waals surface area contributed by atoms with E-state index in [4.69, 9.17) is 23.7 Å². The summed E-state index contributed by atoms with van der Waals surface area (Å²) in [7, 11) is 0. The molecule has 374 valence electrons. The molecule has 5 heterocycles. The number of nitrogens with one attached hydrogen (secondary N) is 2. The lowest BCUT2D eigenvalue weighted by Crippen LogP contribution is -2.66. The molecule has 5 aliphatic heterocycles. The third-order valence-corrected chi connectivity index (χ3v) is 16.5. The molecule has 1 aromatic carbocycles. The Kier molecular flexibility index (Phi) is 16.1. The van der Waals surface area contributed by atoms with Gasteiger partial charge in [0.1, 0.15) is 6.04 Å². The van der Waals surface area contributed by atoms with E-state index in [0.717, 1.165) is 18.6 Å². The number of aliphatic carboxylic acids is 1. The number of anilines is 1. The van der Waals surface area contributed by atoms with Gasteiger partial charge < -0.3 is 54.7 Å². The molecule has 6 rings (SSSR count). The summed E-state index contributed by atoms with van der Waals surface area (Å²) in [5, 5.41) is 50.8. The normalized spacial score (nSPS) is 40.0. The summed E-state index contributed by atoms with van der Waals surface area (Å²) in [6, 6.07) is 2.67. The number of halogens is 3. The van der Waals surface area contributed by atoms with Crippen LogP contribution in [0, 0.1) is 41.4 Å². The number of hydrogen-bond acceptors (Lipinski definition) is 10. The zero-order valence-corrected chi connectivity index (χ0v) is 40.5. The second-order valence-corrected chi connectivity index (χ2v) is 20.8. The van der Waals surface area contributed by atoms with Crippen molar-refractivity contribution in [1.29, 1.82) is 0 Å². The minimum atomic E-state index is -4.61. The fourth-order valence-corrected chi connectivity index (χ4v) is 12.0. The van der Waals surface area contributed by atoms with Crippen LogP contribution < -0.4 is 10.6 Å². The van der Waals surface area contributed by atoms with Crippen molar-refractivity contribution >= 4 is 17.7 Å². The second kappa shape index (κ2) is 20.3. The molecule has 6 N–H and O–H groups in total. The number of hydrogen-bond donors (Lipinski definition) is 6. The van der Waals surface area contributed by atoms with E-state index in [9.17, 15) is 43.2 Å². The van der Waals surface area contributed by atoms with Crippen LogP contribution in [0.3, 0.4) is 0 Å². The minimum Gasteiger partial charge on any atom is -0.481 e. The van der Waals surface area contributed by atoms with Crippen molar-refractivity contribution < 1.29 is 66.9 Å². The van der Waals surface area contributed by atoms with Gasteiger partial charge in [-0.1, -0.05) is 67.5 Å². The number of urea groups is 1. The van der Waals surface area contributed by atoms with Gasteiger partial charge >= 0.3 is 18.2 Å². The summed E-state index contributed by atoms with van der Waals surface area (Å²) in [6.45, 7) is 19.4. The number of carbonyl (C=O) groups excluding carboxylic acids is 1. The molecule has 5 aliphatic rings. The molecule has 2 unspecified atom stereocenters. The van der Waals surface area contributed by atoms with Gasteiger partial charge in [-0.25, -0.2) is 4.79 Å². The fourth-order valence-electron chi connectivity index (χ4n) is 12.0. The number of ether oxygens (including phenoxy) is 5. The Hall–Kier alpha value is -2.83. The van der Waals surface area contributed by atoms with Gasteiger partial charge in [-0.15, -0.1) is 0 Å². The van der Waals surface area contributed by atoms with Crippen molar-refractivity contribution in [2.75, 3.05) is 5.32 Å². The predicted octanol–water partition coefficient (Wildman–Crippen LogP) is 8.83. The van der Waals surface area contributed by atoms with Crippen LogP contribution in [0.4, 0.5) is 23.7 Å². The summed E-state index contributed by atoms with van der Waals surface area (Å²) >= 11 is 0. The van der Waals surface area contributed by atoms with E-state index >= 15 is 0 Å². The predicted molar refractivity (Wildman–Crippen MR) is 241 cm³/mol. The van der Waals surface area contributed by atoms with E-state index in [1.807, 2.05) is 55.4 Å². The third-order valence-electron chi connectivity index (χ3n) is 16.5. The molecule has 2 spiro atoms. The molecule has 0 bridgehead atoms. The number of rotatable bonds is 14. The van der Waals surface area contributed by atoms with Crippen LogP contribution in [-0.2, 0) is 34.7 Å². The number of aliphatic hydroxyl groups excluding tert-OH is 2. The Labute approximate surface area is 388 Å². The highest BCUT2D eigenvalue weighted by Gasteiger charge is 2.63. The van der Waals surface area contributed by atoms with E-state index in [1.165, 1.54) is 12.1 Å². The maximum Gasteiger partial charge on any atom is 0.416 e. The molecule has 0 saturated carbocycles. The molecular formula is C50H77F3N2O11. The average Bonchev–Trinajstić information content (AvgIpc) is 3.61. The molecule has 4 fully saturated rings. The van der Waals surface area contributed by atoms with Gasteiger partial charge in [0.25, 0.3) is 0 Å². The van der Waals surface area contributed by atoms with E-state index < -0.39 is 119 Å². The van der Waals surface area contributed by atoms with Crippen molar-refractivity contribution in [3.8, 4) is 0 Å². The number of carboxylic acid groups (broad SMARTS) is 1. The SMILES string of the molecule is CCC(C(O)[C@@H](C)[C@@H](O)[C@H](C)[C@@H]1O[C@@H]([C@@H](CC)C(=O)O)CC[C@@H]1C)[C@H]1O[C@]2(C=C[C@@H](NC(=O)Nc3cccc(C(F)(F)F)c3)[C@]3(CC[C@@](C)([C@H]4CC[C@](O)(CC)[C@H](C)O4)O3)O2)[C@H](C)C[C@@H]1C. The summed E-state index contributed by atoms with van der Waals surface area (Å²) in [4.78, 5) is 25.7. The van der Waals surface area contributed by atoms with Crippen LogP contribution in [0.25, 0.3) is 0 Å². The number of carboxylic acids is 1. The Morgan fingerprint density at radius 1 is 0.909 bits per heavy atom. The molecule has 0 aromatic heterocycles. The molecule has 16 heteroatoms. The standard InChI is InChI=1S/C50H77F3N2O11/c1-11-35(44(58)59)37-18-17-27(4)42(63-37)31(8)40(56)30(7)41(57)36(12-2)43-28(5)25-29(6)48(64-43)22-19-38(55-45(60)54-34-16-14-15-33(26-34)50(51,52)53)49(66-48)24-23-46(10,65-49)39-20-21-47(61,13-3)32(9)62-39/h14-16,19,22,26-32,35-43,56-57,61H,11-13,17-18,20-21,23-25H2,1-10H3,(H,58,59)(H2,54,55,60)/t27-,28-,29+,30-,31-,32-,35+,36?,37+,38+,39+,40+,41?,42+,43-,46-,47+,48-,49-/m0/s1. The van der Waals surface area contributed by atoms with Crippen LogP contribution in [0.15, 0.2) is 36.4 Å². The van der Waals surface area contributed by atoms with Gasteiger partial charge in [0.15, 0.2) is 11.6 Å². The molecule has 0 radical (unpaired) electrons. The molecule has 0 aliphatic carbocycles. The van der Waals surface area contributed by atoms with Crippen LogP contribution in [0.5, 0.6) is 0 Å². The topological polar surface area (TPSA) is 185 Å². The van der Waals surface area contributed by atoms with Crippen molar-refractivity contribution in [3.05, 3.63) is 42.0 Å². The number of aliphatic hydroxyl groups is 3. The molecule has 2 amide bonds. The lowest BCUT2D eigenvalue weighted by atomic mass is 9.72. The van der Waals surface area contributed by atoms with Crippen LogP contribution in [-0.4, -0.2) is 104 Å². The first-order valence-electron chi connectivity index (χ1n) is 24.5.